The van der Waals surface area contributed by atoms with Crippen LogP contribution < -0.4 is 0 Å². The van der Waals surface area contributed by atoms with Gasteiger partial charge >= 0.3 is 0 Å². The van der Waals surface area contributed by atoms with Crippen LogP contribution in [0.5, 0.6) is 0 Å². The molecule has 2 atom stereocenters. The Morgan fingerprint density at radius 2 is 1.84 bits per heavy atom. The Morgan fingerprint density at radius 3 is 2.47 bits per heavy atom. The van der Waals surface area contributed by atoms with E-state index in [0.29, 0.717) is 17.6 Å². The fraction of sp³-hybridized carbons (Fsp3) is 0.611. The lowest BCUT2D eigenvalue weighted by Crippen LogP contribution is -2.34. The largest absolute Gasteiger partial charge is 0.298 e. The summed E-state index contributed by atoms with van der Waals surface area (Å²) in [5, 5.41) is 0. The van der Waals surface area contributed by atoms with E-state index in [9.17, 15) is 4.79 Å². The molecule has 0 amide bonds. The molecular formula is C18H24O. The van der Waals surface area contributed by atoms with Crippen molar-refractivity contribution in [3.05, 3.63) is 35.9 Å². The van der Waals surface area contributed by atoms with Gasteiger partial charge in [-0.15, -0.1) is 0 Å². The molecule has 0 spiro atoms. The van der Waals surface area contributed by atoms with Crippen LogP contribution >= 0.6 is 0 Å². The Morgan fingerprint density at radius 1 is 1.16 bits per heavy atom. The molecule has 0 N–H and O–H groups in total. The third kappa shape index (κ3) is 2.24. The maximum atomic E-state index is 13.1. The van der Waals surface area contributed by atoms with Crippen molar-refractivity contribution in [2.75, 3.05) is 0 Å². The fourth-order valence-corrected chi connectivity index (χ4v) is 3.96. The number of hydrogen-bond acceptors (Lipinski definition) is 1. The summed E-state index contributed by atoms with van der Waals surface area (Å²) in [4.78, 5) is 13.1. The van der Waals surface area contributed by atoms with Crippen molar-refractivity contribution in [2.45, 2.75) is 57.3 Å². The van der Waals surface area contributed by atoms with Gasteiger partial charge in [0.1, 0.15) is 5.78 Å². The van der Waals surface area contributed by atoms with E-state index in [-0.39, 0.29) is 5.41 Å². The molecular weight excluding hydrogens is 232 g/mol. The third-order valence-corrected chi connectivity index (χ3v) is 5.32. The minimum absolute atomic E-state index is 0.101. The summed E-state index contributed by atoms with van der Waals surface area (Å²) in [5.74, 6) is 1.54. The van der Waals surface area contributed by atoms with Crippen LogP contribution in [0.2, 0.25) is 0 Å². The van der Waals surface area contributed by atoms with Crippen LogP contribution in [-0.4, -0.2) is 5.78 Å². The predicted molar refractivity (Wildman–Crippen MR) is 78.1 cm³/mol. The first-order valence-corrected chi connectivity index (χ1v) is 7.88. The second-order valence-electron chi connectivity index (χ2n) is 6.37. The van der Waals surface area contributed by atoms with Crippen molar-refractivity contribution in [3.8, 4) is 0 Å². The number of carbonyl (C=O) groups is 1. The molecule has 0 heterocycles. The maximum absolute atomic E-state index is 13.1. The molecule has 3 rings (SSSR count). The molecule has 0 aromatic heterocycles. The van der Waals surface area contributed by atoms with Gasteiger partial charge in [-0.25, -0.2) is 0 Å². The van der Waals surface area contributed by atoms with Crippen LogP contribution in [0, 0.1) is 11.8 Å². The number of ketones is 1. The van der Waals surface area contributed by atoms with Gasteiger partial charge < -0.3 is 0 Å². The molecule has 19 heavy (non-hydrogen) atoms. The van der Waals surface area contributed by atoms with Gasteiger partial charge in [0.25, 0.3) is 0 Å². The van der Waals surface area contributed by atoms with Crippen LogP contribution in [0.3, 0.4) is 0 Å². The van der Waals surface area contributed by atoms with E-state index in [1.165, 1.54) is 31.2 Å². The van der Waals surface area contributed by atoms with Gasteiger partial charge in [0.2, 0.25) is 0 Å². The zero-order chi connectivity index (χ0) is 13.3. The van der Waals surface area contributed by atoms with Crippen molar-refractivity contribution in [3.63, 3.8) is 0 Å². The molecule has 2 aliphatic carbocycles. The van der Waals surface area contributed by atoms with Gasteiger partial charge in [-0.1, -0.05) is 56.5 Å². The number of rotatable bonds is 4. The van der Waals surface area contributed by atoms with Crippen molar-refractivity contribution in [1.29, 1.82) is 0 Å². The van der Waals surface area contributed by atoms with Crippen LogP contribution in [0.1, 0.15) is 57.4 Å². The number of hydrogen-bond donors (Lipinski definition) is 0. The molecule has 0 saturated heterocycles. The monoisotopic (exact) mass is 256 g/mol. The smallest absolute Gasteiger partial charge is 0.146 e. The molecule has 1 heteroatoms. The third-order valence-electron chi connectivity index (χ3n) is 5.32. The summed E-state index contributed by atoms with van der Waals surface area (Å²) < 4.78 is 0. The summed E-state index contributed by atoms with van der Waals surface area (Å²) in [6, 6.07) is 10.5. The zero-order valence-electron chi connectivity index (χ0n) is 11.9. The first-order valence-electron chi connectivity index (χ1n) is 7.88. The summed E-state index contributed by atoms with van der Waals surface area (Å²) >= 11 is 0. The van der Waals surface area contributed by atoms with E-state index in [2.05, 4.69) is 31.2 Å². The molecule has 2 saturated carbocycles. The van der Waals surface area contributed by atoms with Gasteiger partial charge in [0.05, 0.1) is 5.41 Å². The van der Waals surface area contributed by atoms with E-state index >= 15 is 0 Å². The number of Topliss-reactive ketones (excluding diaryl/α,β-unsaturated/α-hetero) is 1. The van der Waals surface area contributed by atoms with E-state index in [1.54, 1.807) is 0 Å². The summed E-state index contributed by atoms with van der Waals surface area (Å²) in [6.45, 7) is 2.25. The van der Waals surface area contributed by atoms with Crippen LogP contribution in [0.15, 0.2) is 30.3 Å². The van der Waals surface area contributed by atoms with E-state index in [1.807, 2.05) is 6.07 Å². The zero-order valence-corrected chi connectivity index (χ0v) is 11.9. The highest BCUT2D eigenvalue weighted by Crippen LogP contribution is 2.52. The summed E-state index contributed by atoms with van der Waals surface area (Å²) in [7, 11) is 0. The molecule has 1 aromatic rings. The van der Waals surface area contributed by atoms with Gasteiger partial charge in [0, 0.05) is 5.92 Å². The highest BCUT2D eigenvalue weighted by atomic mass is 16.1. The Bertz CT molecular complexity index is 444. The SMILES string of the molecule is CCC1CCCCC1C(=O)C1(c2ccccc2)CC1. The second kappa shape index (κ2) is 5.11. The second-order valence-corrected chi connectivity index (χ2v) is 6.37. The highest BCUT2D eigenvalue weighted by molar-refractivity contribution is 5.95. The lowest BCUT2D eigenvalue weighted by Gasteiger charge is -2.32. The average molecular weight is 256 g/mol. The van der Waals surface area contributed by atoms with Crippen LogP contribution in [0.4, 0.5) is 0 Å². The molecule has 2 aliphatic rings. The summed E-state index contributed by atoms with van der Waals surface area (Å²) in [5.41, 5.74) is 1.16. The lowest BCUT2D eigenvalue weighted by atomic mass is 9.71. The maximum Gasteiger partial charge on any atom is 0.146 e. The number of benzene rings is 1. The van der Waals surface area contributed by atoms with Crippen LogP contribution in [0.25, 0.3) is 0 Å². The van der Waals surface area contributed by atoms with Gasteiger partial charge in [-0.3, -0.25) is 4.79 Å². The van der Waals surface area contributed by atoms with Gasteiger partial charge in [0.15, 0.2) is 0 Å². The van der Waals surface area contributed by atoms with E-state index in [4.69, 9.17) is 0 Å². The van der Waals surface area contributed by atoms with Crippen molar-refractivity contribution in [2.24, 2.45) is 11.8 Å². The minimum Gasteiger partial charge on any atom is -0.298 e. The summed E-state index contributed by atoms with van der Waals surface area (Å²) in [6.07, 6.45) is 8.27. The molecule has 2 fully saturated rings. The van der Waals surface area contributed by atoms with Gasteiger partial charge in [-0.2, -0.15) is 0 Å². The quantitative estimate of drug-likeness (QED) is 0.775. The topological polar surface area (TPSA) is 17.1 Å². The lowest BCUT2D eigenvalue weighted by molar-refractivity contribution is -0.128. The molecule has 0 radical (unpaired) electrons. The standard InChI is InChI=1S/C18H24O/c1-2-14-8-6-7-11-16(14)17(19)18(12-13-18)15-9-4-3-5-10-15/h3-5,9-10,14,16H,2,6-8,11-13H2,1H3. The van der Waals surface area contributed by atoms with Gasteiger partial charge in [-0.05, 0) is 37.2 Å². The first kappa shape index (κ1) is 12.9. The first-order chi connectivity index (χ1) is 9.28. The van der Waals surface area contributed by atoms with Crippen molar-refractivity contribution < 1.29 is 4.79 Å². The Labute approximate surface area is 116 Å². The predicted octanol–water partition coefficient (Wildman–Crippen LogP) is 4.50. The number of carbonyl (C=O) groups excluding carboxylic acids is 1. The Hall–Kier alpha value is -1.11. The fourth-order valence-electron chi connectivity index (χ4n) is 3.96. The molecule has 2 unspecified atom stereocenters. The minimum atomic E-state index is -0.101. The molecule has 0 bridgehead atoms. The average Bonchev–Trinajstić information content (AvgIpc) is 3.29. The van der Waals surface area contributed by atoms with E-state index in [0.717, 1.165) is 19.3 Å². The Kier molecular flexibility index (Phi) is 3.47. The highest BCUT2D eigenvalue weighted by Gasteiger charge is 2.53. The molecule has 102 valence electrons. The molecule has 1 aromatic carbocycles. The van der Waals surface area contributed by atoms with Crippen molar-refractivity contribution >= 4 is 5.78 Å². The van der Waals surface area contributed by atoms with Crippen LogP contribution in [-0.2, 0) is 10.2 Å². The van der Waals surface area contributed by atoms with E-state index < -0.39 is 0 Å². The molecule has 0 aliphatic heterocycles. The normalized spacial score (nSPS) is 28.9. The Balaban J connectivity index is 1.83. The molecule has 1 nitrogen and oxygen atoms in total. The van der Waals surface area contributed by atoms with Crippen molar-refractivity contribution in [1.82, 2.24) is 0 Å².